The first kappa shape index (κ1) is 32.4. The fourth-order valence-electron chi connectivity index (χ4n) is 4.44. The summed E-state index contributed by atoms with van der Waals surface area (Å²) >= 11 is 0. The highest BCUT2D eigenvalue weighted by Crippen LogP contribution is 2.29. The Bertz CT molecular complexity index is 1270. The van der Waals surface area contributed by atoms with Crippen LogP contribution in [0.25, 0.3) is 6.08 Å². The number of aromatic hydroxyl groups is 4. The second-order valence-electron chi connectivity index (χ2n) is 10.0. The minimum atomic E-state index is -1.75. The van der Waals surface area contributed by atoms with E-state index in [-0.39, 0.29) is 36.9 Å². The van der Waals surface area contributed by atoms with Crippen LogP contribution in [0.4, 0.5) is 0 Å². The molecule has 2 heterocycles. The molecular formula is C28H34O15. The van der Waals surface area contributed by atoms with Gasteiger partial charge in [-0.25, -0.2) is 4.79 Å². The molecule has 43 heavy (non-hydrogen) atoms. The summed E-state index contributed by atoms with van der Waals surface area (Å²) in [5.74, 6) is -2.37. The van der Waals surface area contributed by atoms with Crippen LogP contribution in [0.15, 0.2) is 42.5 Å². The lowest BCUT2D eigenvalue weighted by atomic mass is 9.98. The molecule has 2 saturated heterocycles. The van der Waals surface area contributed by atoms with Crippen molar-refractivity contribution in [2.45, 2.75) is 61.7 Å². The van der Waals surface area contributed by atoms with Crippen molar-refractivity contribution in [1.82, 2.24) is 0 Å². The smallest absolute Gasteiger partial charge is 0.331 e. The SMILES string of the molecule is O=C(/C=C/c1ccc(O)c(O)c1)O[C@H]1[C@H](O)[C@@H](O)[C@H](OCCc2ccc(O)c(O)c2)O[C@@H]1CO[C@@H]1OC[C@@H](O)[C@H](O)[C@H]1O. The Morgan fingerprint density at radius 3 is 2.19 bits per heavy atom. The molecule has 2 aliphatic heterocycles. The van der Waals surface area contributed by atoms with Crippen LogP contribution in [0.1, 0.15) is 11.1 Å². The minimum Gasteiger partial charge on any atom is -0.504 e. The van der Waals surface area contributed by atoms with Gasteiger partial charge in [-0.05, 0) is 47.9 Å². The van der Waals surface area contributed by atoms with Crippen molar-refractivity contribution in [3.8, 4) is 23.0 Å². The zero-order chi connectivity index (χ0) is 31.3. The number of rotatable bonds is 10. The number of esters is 1. The molecular weight excluding hydrogens is 576 g/mol. The van der Waals surface area contributed by atoms with Gasteiger partial charge >= 0.3 is 5.97 Å². The molecule has 2 aromatic rings. The molecule has 0 unspecified atom stereocenters. The molecule has 2 aromatic carbocycles. The average Bonchev–Trinajstić information content (AvgIpc) is 2.98. The molecule has 2 aliphatic rings. The predicted octanol–water partition coefficient (Wildman–Crippen LogP) is -1.40. The number of hydrogen-bond donors (Lipinski definition) is 9. The van der Waals surface area contributed by atoms with E-state index in [0.717, 1.165) is 6.08 Å². The number of carbonyl (C=O) groups is 1. The van der Waals surface area contributed by atoms with E-state index >= 15 is 0 Å². The maximum absolute atomic E-state index is 12.6. The predicted molar refractivity (Wildman–Crippen MR) is 143 cm³/mol. The van der Waals surface area contributed by atoms with Gasteiger partial charge in [0.2, 0.25) is 0 Å². The molecule has 0 saturated carbocycles. The minimum absolute atomic E-state index is 0.0621. The normalized spacial score (nSPS) is 31.2. The molecule has 2 fully saturated rings. The Balaban J connectivity index is 1.44. The van der Waals surface area contributed by atoms with Gasteiger partial charge in [-0.15, -0.1) is 0 Å². The first-order valence-corrected chi connectivity index (χ1v) is 13.3. The van der Waals surface area contributed by atoms with Gasteiger partial charge in [-0.1, -0.05) is 12.1 Å². The van der Waals surface area contributed by atoms with Crippen molar-refractivity contribution >= 4 is 12.0 Å². The summed E-state index contributed by atoms with van der Waals surface area (Å²) in [5.41, 5.74) is 0.929. The first-order valence-electron chi connectivity index (χ1n) is 13.3. The Labute approximate surface area is 245 Å². The van der Waals surface area contributed by atoms with E-state index in [2.05, 4.69) is 0 Å². The lowest BCUT2D eigenvalue weighted by Gasteiger charge is -2.42. The summed E-state index contributed by atoms with van der Waals surface area (Å²) in [4.78, 5) is 12.6. The number of ether oxygens (including phenoxy) is 5. The number of aliphatic hydroxyl groups excluding tert-OH is 5. The van der Waals surface area contributed by atoms with Crippen molar-refractivity contribution in [3.05, 3.63) is 53.6 Å². The van der Waals surface area contributed by atoms with Crippen LogP contribution in [-0.4, -0.2) is 127 Å². The molecule has 4 rings (SSSR count). The summed E-state index contributed by atoms with van der Waals surface area (Å²) in [7, 11) is 0. The highest BCUT2D eigenvalue weighted by Gasteiger charge is 2.48. The topological polar surface area (TPSA) is 245 Å². The number of aliphatic hydroxyl groups is 5. The van der Waals surface area contributed by atoms with Crippen LogP contribution in [0, 0.1) is 0 Å². The monoisotopic (exact) mass is 610 g/mol. The second-order valence-corrected chi connectivity index (χ2v) is 10.0. The quantitative estimate of drug-likeness (QED) is 0.0853. The third-order valence-electron chi connectivity index (χ3n) is 6.90. The molecule has 0 radical (unpaired) electrons. The van der Waals surface area contributed by atoms with E-state index in [1.165, 1.54) is 36.4 Å². The zero-order valence-corrected chi connectivity index (χ0v) is 22.6. The fraction of sp³-hybridized carbons (Fsp3) is 0.464. The van der Waals surface area contributed by atoms with Gasteiger partial charge in [0.15, 0.2) is 41.7 Å². The molecule has 15 heteroatoms. The van der Waals surface area contributed by atoms with Crippen molar-refractivity contribution in [3.63, 3.8) is 0 Å². The molecule has 0 aromatic heterocycles. The van der Waals surface area contributed by atoms with Gasteiger partial charge in [-0.3, -0.25) is 0 Å². The molecule has 9 atom stereocenters. The van der Waals surface area contributed by atoms with E-state index in [1.54, 1.807) is 6.07 Å². The van der Waals surface area contributed by atoms with Crippen LogP contribution < -0.4 is 0 Å². The maximum atomic E-state index is 12.6. The summed E-state index contributed by atoms with van der Waals surface area (Å²) in [6.07, 6.45) is -11.2. The Morgan fingerprint density at radius 1 is 0.814 bits per heavy atom. The van der Waals surface area contributed by atoms with E-state index in [1.807, 2.05) is 0 Å². The Hall–Kier alpha value is -3.51. The van der Waals surface area contributed by atoms with Crippen LogP contribution in [0.5, 0.6) is 23.0 Å². The number of carbonyl (C=O) groups excluding carboxylic acids is 1. The summed E-state index contributed by atoms with van der Waals surface area (Å²) < 4.78 is 27.5. The van der Waals surface area contributed by atoms with Gasteiger partial charge < -0.3 is 69.6 Å². The molecule has 0 bridgehead atoms. The van der Waals surface area contributed by atoms with Crippen LogP contribution in [0.2, 0.25) is 0 Å². The third-order valence-corrected chi connectivity index (χ3v) is 6.90. The molecule has 0 aliphatic carbocycles. The van der Waals surface area contributed by atoms with Gasteiger partial charge in [0, 0.05) is 6.08 Å². The fourth-order valence-corrected chi connectivity index (χ4v) is 4.44. The molecule has 236 valence electrons. The van der Waals surface area contributed by atoms with E-state index in [0.29, 0.717) is 11.1 Å². The van der Waals surface area contributed by atoms with Gasteiger partial charge in [0.25, 0.3) is 0 Å². The lowest BCUT2D eigenvalue weighted by Crippen LogP contribution is -2.61. The second kappa shape index (κ2) is 14.3. The third kappa shape index (κ3) is 8.11. The van der Waals surface area contributed by atoms with Crippen molar-refractivity contribution in [1.29, 1.82) is 0 Å². The number of hydrogen-bond acceptors (Lipinski definition) is 15. The summed E-state index contributed by atoms with van der Waals surface area (Å²) in [5, 5.41) is 89.6. The largest absolute Gasteiger partial charge is 0.504 e. The maximum Gasteiger partial charge on any atom is 0.331 e. The summed E-state index contributed by atoms with van der Waals surface area (Å²) in [6, 6.07) is 7.99. The van der Waals surface area contributed by atoms with Crippen LogP contribution in [-0.2, 0) is 34.9 Å². The highest BCUT2D eigenvalue weighted by molar-refractivity contribution is 5.87. The van der Waals surface area contributed by atoms with Crippen LogP contribution >= 0.6 is 0 Å². The Morgan fingerprint density at radius 2 is 1.49 bits per heavy atom. The van der Waals surface area contributed by atoms with E-state index in [4.69, 9.17) is 23.7 Å². The number of phenolic OH excluding ortho intramolecular Hbond substituents is 4. The van der Waals surface area contributed by atoms with Gasteiger partial charge in [-0.2, -0.15) is 0 Å². The van der Waals surface area contributed by atoms with E-state index < -0.39 is 73.6 Å². The standard InChI is InChI=1S/C28H34O15/c29-15-4-1-13(9-17(15)31)3-6-21(34)43-26-20(12-41-27-24(37)22(35)19(33)11-40-27)42-28(25(38)23(26)36)39-8-7-14-2-5-16(30)18(32)10-14/h1-6,9-10,19-20,22-33,35-38H,7-8,11-12H2/b6-3+/t19-,20-,22+,23-,24-,25-,26-,27+,28-/m1/s1. The van der Waals surface area contributed by atoms with Crippen LogP contribution in [0.3, 0.4) is 0 Å². The zero-order valence-electron chi connectivity index (χ0n) is 22.6. The summed E-state index contributed by atoms with van der Waals surface area (Å²) in [6.45, 7) is -0.898. The highest BCUT2D eigenvalue weighted by atomic mass is 16.7. The number of benzene rings is 2. The van der Waals surface area contributed by atoms with Crippen molar-refractivity contribution < 1.29 is 74.4 Å². The Kier molecular flexibility index (Phi) is 10.8. The lowest BCUT2D eigenvalue weighted by molar-refractivity contribution is -0.321. The number of phenols is 4. The van der Waals surface area contributed by atoms with Crippen molar-refractivity contribution in [2.24, 2.45) is 0 Å². The molecule has 9 N–H and O–H groups in total. The molecule has 0 spiro atoms. The molecule has 15 nitrogen and oxygen atoms in total. The first-order chi connectivity index (χ1) is 20.4. The van der Waals surface area contributed by atoms with Gasteiger partial charge in [0.05, 0.1) is 19.8 Å². The van der Waals surface area contributed by atoms with Gasteiger partial charge in [0.1, 0.15) is 36.6 Å². The molecule has 0 amide bonds. The average molecular weight is 611 g/mol. The van der Waals surface area contributed by atoms with E-state index in [9.17, 15) is 50.8 Å². The van der Waals surface area contributed by atoms with Crippen molar-refractivity contribution in [2.75, 3.05) is 19.8 Å².